The summed E-state index contributed by atoms with van der Waals surface area (Å²) in [5.41, 5.74) is 4.09. The Morgan fingerprint density at radius 3 is 2.70 bits per heavy atom. The van der Waals surface area contributed by atoms with Crippen molar-refractivity contribution in [2.75, 3.05) is 0 Å². The quantitative estimate of drug-likeness (QED) is 0.533. The molecule has 0 amide bonds. The maximum absolute atomic E-state index is 14.8. The molecule has 0 bridgehead atoms. The van der Waals surface area contributed by atoms with Crippen molar-refractivity contribution >= 4 is 21.8 Å². The van der Waals surface area contributed by atoms with Crippen molar-refractivity contribution in [2.24, 2.45) is 0 Å². The van der Waals surface area contributed by atoms with E-state index in [4.69, 9.17) is 0 Å². The van der Waals surface area contributed by atoms with Gasteiger partial charge in [-0.2, -0.15) is 5.10 Å². The Morgan fingerprint density at radius 2 is 1.85 bits per heavy atom. The molecule has 0 atom stereocenters. The van der Waals surface area contributed by atoms with Crippen molar-refractivity contribution in [1.82, 2.24) is 15.2 Å². The lowest BCUT2D eigenvalue weighted by molar-refractivity contribution is 0.643. The third-order valence-electron chi connectivity index (χ3n) is 3.74. The van der Waals surface area contributed by atoms with Crippen LogP contribution in [0.3, 0.4) is 0 Å². The van der Waals surface area contributed by atoms with Gasteiger partial charge in [-0.1, -0.05) is 24.3 Å². The average Bonchev–Trinajstić information content (AvgIpc) is 3.04. The zero-order chi connectivity index (χ0) is 13.7. The minimum absolute atomic E-state index is 0.221. The number of rotatable bonds is 1. The summed E-state index contributed by atoms with van der Waals surface area (Å²) < 4.78 is 14.8. The molecule has 0 fully saturated rings. The molecule has 0 radical (unpaired) electrons. The third-order valence-corrected chi connectivity index (χ3v) is 3.74. The predicted molar refractivity (Wildman–Crippen MR) is 78.1 cm³/mol. The summed E-state index contributed by atoms with van der Waals surface area (Å²) in [6, 6.07) is 11.6. The second-order valence-electron chi connectivity index (χ2n) is 4.95. The van der Waals surface area contributed by atoms with E-state index in [1.54, 1.807) is 6.20 Å². The van der Waals surface area contributed by atoms with Crippen LogP contribution in [0.15, 0.2) is 42.6 Å². The van der Waals surface area contributed by atoms with E-state index in [9.17, 15) is 4.39 Å². The molecular formula is C16H12FN3. The van der Waals surface area contributed by atoms with E-state index in [0.717, 1.165) is 27.5 Å². The van der Waals surface area contributed by atoms with Crippen LogP contribution < -0.4 is 0 Å². The minimum Gasteiger partial charge on any atom is -0.352 e. The highest BCUT2D eigenvalue weighted by Gasteiger charge is 2.17. The third kappa shape index (κ3) is 1.42. The lowest BCUT2D eigenvalue weighted by atomic mass is 10.1. The van der Waals surface area contributed by atoms with Gasteiger partial charge in [0.2, 0.25) is 0 Å². The average molecular weight is 265 g/mol. The fourth-order valence-electron chi connectivity index (χ4n) is 2.71. The van der Waals surface area contributed by atoms with Gasteiger partial charge in [-0.15, -0.1) is 0 Å². The second kappa shape index (κ2) is 3.93. The molecule has 98 valence electrons. The molecule has 4 heteroatoms. The number of nitrogens with one attached hydrogen (secondary N) is 2. The van der Waals surface area contributed by atoms with Gasteiger partial charge in [0, 0.05) is 21.9 Å². The highest BCUT2D eigenvalue weighted by atomic mass is 19.1. The lowest BCUT2D eigenvalue weighted by Crippen LogP contribution is -1.85. The number of H-pyrrole nitrogens is 2. The molecule has 4 aromatic rings. The lowest BCUT2D eigenvalue weighted by Gasteiger charge is -2.02. The Bertz CT molecular complexity index is 933. The maximum Gasteiger partial charge on any atom is 0.157 e. The summed E-state index contributed by atoms with van der Waals surface area (Å²) in [4.78, 5) is 3.19. The Hall–Kier alpha value is -2.62. The number of aromatic amines is 2. The number of benzene rings is 2. The topological polar surface area (TPSA) is 44.5 Å². The van der Waals surface area contributed by atoms with Crippen LogP contribution in [-0.4, -0.2) is 15.2 Å². The zero-order valence-corrected chi connectivity index (χ0v) is 10.9. The van der Waals surface area contributed by atoms with Crippen LogP contribution in [0.1, 0.15) is 5.56 Å². The Morgan fingerprint density at radius 1 is 1.05 bits per heavy atom. The van der Waals surface area contributed by atoms with Crippen LogP contribution in [0.2, 0.25) is 0 Å². The molecule has 0 aliphatic heterocycles. The molecule has 0 aliphatic rings. The van der Waals surface area contributed by atoms with Gasteiger partial charge >= 0.3 is 0 Å². The molecule has 2 aromatic heterocycles. The fraction of sp³-hybridized carbons (Fsp3) is 0.0625. The van der Waals surface area contributed by atoms with E-state index in [2.05, 4.69) is 15.2 Å². The normalized spacial score (nSPS) is 11.5. The van der Waals surface area contributed by atoms with Crippen molar-refractivity contribution < 1.29 is 4.39 Å². The first kappa shape index (κ1) is 11.2. The second-order valence-corrected chi connectivity index (χ2v) is 4.95. The van der Waals surface area contributed by atoms with Gasteiger partial charge in [0.1, 0.15) is 0 Å². The molecule has 0 spiro atoms. The SMILES string of the molecule is Cc1ccccc1-c1[nH]c2ccc3[nH]ncc3c2c1F. The molecule has 2 aromatic carbocycles. The first-order valence-corrected chi connectivity index (χ1v) is 6.45. The van der Waals surface area contributed by atoms with Crippen LogP contribution in [-0.2, 0) is 0 Å². The predicted octanol–water partition coefficient (Wildman–Crippen LogP) is 4.16. The number of nitrogens with zero attached hydrogens (tertiary/aromatic N) is 1. The van der Waals surface area contributed by atoms with Crippen molar-refractivity contribution in [1.29, 1.82) is 0 Å². The molecular weight excluding hydrogens is 253 g/mol. The van der Waals surface area contributed by atoms with Crippen LogP contribution >= 0.6 is 0 Å². The molecule has 0 saturated carbocycles. The van der Waals surface area contributed by atoms with Crippen LogP contribution in [0.4, 0.5) is 4.39 Å². The molecule has 2 N–H and O–H groups in total. The van der Waals surface area contributed by atoms with E-state index in [1.165, 1.54) is 0 Å². The van der Waals surface area contributed by atoms with Gasteiger partial charge in [-0.3, -0.25) is 5.10 Å². The fourth-order valence-corrected chi connectivity index (χ4v) is 2.71. The maximum atomic E-state index is 14.8. The molecule has 4 rings (SSSR count). The molecule has 0 unspecified atom stereocenters. The van der Waals surface area contributed by atoms with Crippen LogP contribution in [0.25, 0.3) is 33.1 Å². The van der Waals surface area contributed by atoms with Crippen molar-refractivity contribution in [3.05, 3.63) is 54.0 Å². The van der Waals surface area contributed by atoms with Crippen LogP contribution in [0.5, 0.6) is 0 Å². The number of aromatic nitrogens is 3. The highest BCUT2D eigenvalue weighted by Crippen LogP contribution is 2.34. The van der Waals surface area contributed by atoms with Crippen molar-refractivity contribution in [3.8, 4) is 11.3 Å². The molecule has 3 nitrogen and oxygen atoms in total. The number of halogens is 1. The van der Waals surface area contributed by atoms with Gasteiger partial charge in [-0.25, -0.2) is 4.39 Å². The summed E-state index contributed by atoms with van der Waals surface area (Å²) in [7, 11) is 0. The molecule has 2 heterocycles. The van der Waals surface area contributed by atoms with Gasteiger partial charge in [0.25, 0.3) is 0 Å². The summed E-state index contributed by atoms with van der Waals surface area (Å²) in [6.45, 7) is 1.98. The number of hydrogen-bond donors (Lipinski definition) is 2. The van der Waals surface area contributed by atoms with Gasteiger partial charge < -0.3 is 4.98 Å². The van der Waals surface area contributed by atoms with Crippen molar-refractivity contribution in [3.63, 3.8) is 0 Å². The molecule has 0 aliphatic carbocycles. The number of aryl methyl sites for hydroxylation is 1. The van der Waals surface area contributed by atoms with Crippen molar-refractivity contribution in [2.45, 2.75) is 6.92 Å². The van der Waals surface area contributed by atoms with Gasteiger partial charge in [0.15, 0.2) is 5.82 Å². The monoisotopic (exact) mass is 265 g/mol. The summed E-state index contributed by atoms with van der Waals surface area (Å²) in [5, 5.41) is 8.25. The Kier molecular flexibility index (Phi) is 2.21. The first-order valence-electron chi connectivity index (χ1n) is 6.45. The molecule has 20 heavy (non-hydrogen) atoms. The number of hydrogen-bond acceptors (Lipinski definition) is 1. The van der Waals surface area contributed by atoms with E-state index in [1.807, 2.05) is 43.3 Å². The number of fused-ring (bicyclic) bond motifs is 3. The summed E-state index contributed by atoms with van der Waals surface area (Å²) >= 11 is 0. The van der Waals surface area contributed by atoms with E-state index < -0.39 is 0 Å². The smallest absolute Gasteiger partial charge is 0.157 e. The van der Waals surface area contributed by atoms with Gasteiger partial charge in [-0.05, 0) is 24.6 Å². The summed E-state index contributed by atoms with van der Waals surface area (Å²) in [6.07, 6.45) is 1.66. The highest BCUT2D eigenvalue weighted by molar-refractivity contribution is 6.07. The standard InChI is InChI=1S/C16H12FN3/c1-9-4-2-3-5-10(9)16-15(17)14-11-8-18-20-12(11)6-7-13(14)19-16/h2-8,19H,1H3,(H,18,20). The summed E-state index contributed by atoms with van der Waals surface area (Å²) in [5.74, 6) is -0.221. The van der Waals surface area contributed by atoms with E-state index >= 15 is 0 Å². The first-order chi connectivity index (χ1) is 9.75. The zero-order valence-electron chi connectivity index (χ0n) is 10.9. The minimum atomic E-state index is -0.221. The van der Waals surface area contributed by atoms with E-state index in [-0.39, 0.29) is 5.82 Å². The van der Waals surface area contributed by atoms with Gasteiger partial charge in [0.05, 0.1) is 17.4 Å². The Balaban J connectivity index is 2.12. The van der Waals surface area contributed by atoms with Crippen LogP contribution in [0, 0.1) is 12.7 Å². The Labute approximate surface area is 114 Å². The largest absolute Gasteiger partial charge is 0.352 e. The van der Waals surface area contributed by atoms with E-state index in [0.29, 0.717) is 11.1 Å². The molecule has 0 saturated heterocycles.